The third-order valence-electron chi connectivity index (χ3n) is 4.76. The number of nitrogens with two attached hydrogens (primary N) is 1. The number of sulfonamides is 1. The van der Waals surface area contributed by atoms with Crippen molar-refractivity contribution in [2.45, 2.75) is 37.6 Å². The van der Waals surface area contributed by atoms with Gasteiger partial charge in [-0.15, -0.1) is 0 Å². The summed E-state index contributed by atoms with van der Waals surface area (Å²) in [6.45, 7) is 6.75. The topological polar surface area (TPSA) is 66.6 Å². The molecule has 0 amide bonds. The summed E-state index contributed by atoms with van der Waals surface area (Å²) in [6, 6.07) is 4.09. The van der Waals surface area contributed by atoms with Crippen LogP contribution in [0, 0.1) is 13.8 Å². The van der Waals surface area contributed by atoms with E-state index in [1.807, 2.05) is 26.0 Å². The van der Waals surface area contributed by atoms with Gasteiger partial charge in [0.15, 0.2) is 0 Å². The van der Waals surface area contributed by atoms with Crippen LogP contribution in [0.5, 0.6) is 0 Å². The monoisotopic (exact) mass is 309 g/mol. The SMILES string of the molecule is Cc1ccc(C)c(S(=O)(=O)N2CCN3CCCC3C2)c1N. The highest BCUT2D eigenvalue weighted by molar-refractivity contribution is 7.89. The van der Waals surface area contributed by atoms with Gasteiger partial charge in [0.05, 0.1) is 5.69 Å². The first-order valence-electron chi connectivity index (χ1n) is 7.51. The largest absolute Gasteiger partial charge is 0.397 e. The number of nitrogens with zero attached hydrogens (tertiary/aromatic N) is 2. The predicted octanol–water partition coefficient (Wildman–Crippen LogP) is 1.35. The number of hydrogen-bond acceptors (Lipinski definition) is 4. The Kier molecular flexibility index (Phi) is 3.71. The second kappa shape index (κ2) is 5.26. The zero-order valence-corrected chi connectivity index (χ0v) is 13.5. The van der Waals surface area contributed by atoms with Gasteiger partial charge in [-0.05, 0) is 44.4 Å². The van der Waals surface area contributed by atoms with E-state index < -0.39 is 10.0 Å². The Morgan fingerprint density at radius 1 is 1.14 bits per heavy atom. The highest BCUT2D eigenvalue weighted by Gasteiger charge is 2.37. The number of fused-ring (bicyclic) bond motifs is 1. The van der Waals surface area contributed by atoms with Crippen LogP contribution in [0.2, 0.25) is 0 Å². The van der Waals surface area contributed by atoms with Crippen molar-refractivity contribution >= 4 is 15.7 Å². The van der Waals surface area contributed by atoms with E-state index in [1.165, 1.54) is 6.42 Å². The van der Waals surface area contributed by atoms with E-state index in [9.17, 15) is 8.42 Å². The standard InChI is InChI=1S/C15H23N3O2S/c1-11-5-6-12(2)15(14(11)16)21(19,20)18-9-8-17-7-3-4-13(17)10-18/h5-6,13H,3-4,7-10,16H2,1-2H3. The predicted molar refractivity (Wildman–Crippen MR) is 83.7 cm³/mol. The second-order valence-corrected chi connectivity index (χ2v) is 8.01. The molecular formula is C15H23N3O2S. The molecule has 2 heterocycles. The lowest BCUT2D eigenvalue weighted by atomic mass is 10.1. The molecule has 0 bridgehead atoms. The fourth-order valence-corrected chi connectivity index (χ4v) is 5.32. The van der Waals surface area contributed by atoms with Gasteiger partial charge in [-0.2, -0.15) is 4.31 Å². The molecule has 0 aromatic heterocycles. The van der Waals surface area contributed by atoms with Gasteiger partial charge in [0.25, 0.3) is 0 Å². The van der Waals surface area contributed by atoms with Gasteiger partial charge in [-0.25, -0.2) is 8.42 Å². The minimum Gasteiger partial charge on any atom is -0.397 e. The summed E-state index contributed by atoms with van der Waals surface area (Å²) >= 11 is 0. The van der Waals surface area contributed by atoms with E-state index in [-0.39, 0.29) is 0 Å². The van der Waals surface area contributed by atoms with Gasteiger partial charge < -0.3 is 5.73 Å². The van der Waals surface area contributed by atoms with Crippen molar-refractivity contribution in [2.24, 2.45) is 0 Å². The third kappa shape index (κ3) is 2.45. The Bertz CT molecular complexity index is 657. The second-order valence-electron chi connectivity index (χ2n) is 6.14. The number of piperazine rings is 1. The molecule has 0 spiro atoms. The average Bonchev–Trinajstić information content (AvgIpc) is 2.90. The van der Waals surface area contributed by atoms with Crippen LogP contribution in [-0.4, -0.2) is 49.8 Å². The first kappa shape index (κ1) is 14.8. The summed E-state index contributed by atoms with van der Waals surface area (Å²) in [5, 5.41) is 0. The maximum atomic E-state index is 13.0. The highest BCUT2D eigenvalue weighted by atomic mass is 32.2. The molecule has 0 radical (unpaired) electrons. The quantitative estimate of drug-likeness (QED) is 0.838. The van der Waals surface area contributed by atoms with E-state index in [4.69, 9.17) is 5.73 Å². The normalized spacial score (nSPS) is 24.2. The van der Waals surface area contributed by atoms with Crippen molar-refractivity contribution in [1.29, 1.82) is 0 Å². The molecular weight excluding hydrogens is 286 g/mol. The zero-order valence-electron chi connectivity index (χ0n) is 12.7. The highest BCUT2D eigenvalue weighted by Crippen LogP contribution is 2.31. The van der Waals surface area contributed by atoms with Crippen LogP contribution in [0.3, 0.4) is 0 Å². The van der Waals surface area contributed by atoms with Crippen molar-refractivity contribution in [3.8, 4) is 0 Å². The Balaban J connectivity index is 1.96. The van der Waals surface area contributed by atoms with Crippen LogP contribution in [0.25, 0.3) is 0 Å². The van der Waals surface area contributed by atoms with Gasteiger partial charge >= 0.3 is 0 Å². The molecule has 1 atom stereocenters. The van der Waals surface area contributed by atoms with Crippen LogP contribution < -0.4 is 5.73 Å². The lowest BCUT2D eigenvalue weighted by molar-refractivity contribution is 0.158. The molecule has 1 aromatic carbocycles. The van der Waals surface area contributed by atoms with E-state index in [2.05, 4.69) is 4.90 Å². The van der Waals surface area contributed by atoms with E-state index in [0.717, 1.165) is 30.6 Å². The Morgan fingerprint density at radius 3 is 2.62 bits per heavy atom. The van der Waals surface area contributed by atoms with Crippen LogP contribution in [-0.2, 0) is 10.0 Å². The Hall–Kier alpha value is -1.11. The molecule has 0 saturated carbocycles. The van der Waals surface area contributed by atoms with Crippen molar-refractivity contribution in [2.75, 3.05) is 31.9 Å². The third-order valence-corrected chi connectivity index (χ3v) is 6.83. The van der Waals surface area contributed by atoms with Gasteiger partial charge in [0.2, 0.25) is 10.0 Å². The van der Waals surface area contributed by atoms with Crippen LogP contribution in [0.4, 0.5) is 5.69 Å². The van der Waals surface area contributed by atoms with Crippen LogP contribution in [0.15, 0.2) is 17.0 Å². The van der Waals surface area contributed by atoms with E-state index in [1.54, 1.807) is 4.31 Å². The van der Waals surface area contributed by atoms with Crippen molar-refractivity contribution in [3.05, 3.63) is 23.3 Å². The van der Waals surface area contributed by atoms with Crippen molar-refractivity contribution in [3.63, 3.8) is 0 Å². The molecule has 21 heavy (non-hydrogen) atoms. The van der Waals surface area contributed by atoms with Crippen molar-refractivity contribution in [1.82, 2.24) is 9.21 Å². The van der Waals surface area contributed by atoms with Gasteiger partial charge in [0, 0.05) is 25.7 Å². The summed E-state index contributed by atoms with van der Waals surface area (Å²) in [5.41, 5.74) is 8.01. The summed E-state index contributed by atoms with van der Waals surface area (Å²) in [4.78, 5) is 2.70. The fourth-order valence-electron chi connectivity index (χ4n) is 3.46. The molecule has 3 rings (SSSR count). The van der Waals surface area contributed by atoms with Crippen molar-refractivity contribution < 1.29 is 8.42 Å². The lowest BCUT2D eigenvalue weighted by Gasteiger charge is -2.37. The summed E-state index contributed by atoms with van der Waals surface area (Å²) < 4.78 is 27.6. The van der Waals surface area contributed by atoms with Gasteiger partial charge in [-0.1, -0.05) is 12.1 Å². The number of nitrogen functional groups attached to an aromatic ring is 1. The molecule has 5 nitrogen and oxygen atoms in total. The fraction of sp³-hybridized carbons (Fsp3) is 0.600. The van der Waals surface area contributed by atoms with Gasteiger partial charge in [0.1, 0.15) is 4.90 Å². The molecule has 116 valence electrons. The maximum absolute atomic E-state index is 13.0. The molecule has 1 unspecified atom stereocenters. The average molecular weight is 309 g/mol. The summed E-state index contributed by atoms with van der Waals surface area (Å²) in [6.07, 6.45) is 2.26. The molecule has 0 aliphatic carbocycles. The first-order chi connectivity index (χ1) is 9.91. The van der Waals surface area contributed by atoms with E-state index >= 15 is 0 Å². The van der Waals surface area contributed by atoms with Crippen LogP contribution in [0.1, 0.15) is 24.0 Å². The lowest BCUT2D eigenvalue weighted by Crippen LogP contribution is -2.52. The molecule has 2 aliphatic rings. The zero-order chi connectivity index (χ0) is 15.2. The summed E-state index contributed by atoms with van der Waals surface area (Å²) in [7, 11) is -3.50. The summed E-state index contributed by atoms with van der Waals surface area (Å²) in [5.74, 6) is 0. The number of hydrogen-bond donors (Lipinski definition) is 1. The Labute approximate surface area is 126 Å². The first-order valence-corrected chi connectivity index (χ1v) is 8.95. The minimum absolute atomic E-state index is 0.300. The van der Waals surface area contributed by atoms with E-state index in [0.29, 0.717) is 29.7 Å². The molecule has 2 N–H and O–H groups in total. The smallest absolute Gasteiger partial charge is 0.245 e. The number of anilines is 1. The maximum Gasteiger partial charge on any atom is 0.245 e. The molecule has 2 fully saturated rings. The molecule has 2 saturated heterocycles. The Morgan fingerprint density at radius 2 is 1.86 bits per heavy atom. The van der Waals surface area contributed by atoms with Gasteiger partial charge in [-0.3, -0.25) is 4.90 Å². The number of benzene rings is 1. The number of aryl methyl sites for hydroxylation is 2. The molecule has 2 aliphatic heterocycles. The minimum atomic E-state index is -3.50. The molecule has 1 aromatic rings. The molecule has 6 heteroatoms. The van der Waals surface area contributed by atoms with Crippen LogP contribution >= 0.6 is 0 Å². The number of rotatable bonds is 2.